The van der Waals surface area contributed by atoms with Crippen LogP contribution in [0.25, 0.3) is 0 Å². The van der Waals surface area contributed by atoms with Crippen LogP contribution in [0.1, 0.15) is 6.42 Å². The van der Waals surface area contributed by atoms with Gasteiger partial charge in [-0.2, -0.15) is 0 Å². The molecule has 2 amide bonds. The number of hydrogen-bond acceptors (Lipinski definition) is 5. The molecular weight excluding hydrogens is 282 g/mol. The highest BCUT2D eigenvalue weighted by Crippen LogP contribution is 2.20. The second-order valence-corrected chi connectivity index (χ2v) is 4.58. The standard InChI is InChI=1S/C12H13N3O6/c16-10(17)12(4-5-21-7-12)14-11(18)13-8-2-1-3-9(6-8)15(19)20/h1-3,6H,4-5,7H2,(H,16,17)(H2,13,14,18). The minimum atomic E-state index is -1.47. The summed E-state index contributed by atoms with van der Waals surface area (Å²) in [6.45, 7) is 0.119. The van der Waals surface area contributed by atoms with Crippen LogP contribution in [-0.4, -0.2) is 40.8 Å². The first kappa shape index (κ1) is 14.7. The fourth-order valence-electron chi connectivity index (χ4n) is 1.96. The number of ether oxygens (including phenoxy) is 1. The third-order valence-electron chi connectivity index (χ3n) is 3.10. The van der Waals surface area contributed by atoms with Crippen molar-refractivity contribution in [2.75, 3.05) is 18.5 Å². The molecule has 9 nitrogen and oxygen atoms in total. The molecule has 1 saturated heterocycles. The van der Waals surface area contributed by atoms with Crippen LogP contribution in [-0.2, 0) is 9.53 Å². The van der Waals surface area contributed by atoms with Gasteiger partial charge in [0.25, 0.3) is 5.69 Å². The highest BCUT2D eigenvalue weighted by Gasteiger charge is 2.44. The summed E-state index contributed by atoms with van der Waals surface area (Å²) in [4.78, 5) is 33.1. The van der Waals surface area contributed by atoms with E-state index in [-0.39, 0.29) is 31.0 Å². The lowest BCUT2D eigenvalue weighted by Crippen LogP contribution is -2.56. The molecule has 3 N–H and O–H groups in total. The van der Waals surface area contributed by atoms with Gasteiger partial charge in [-0.1, -0.05) is 6.07 Å². The van der Waals surface area contributed by atoms with Crippen LogP contribution in [0.4, 0.5) is 16.2 Å². The van der Waals surface area contributed by atoms with E-state index < -0.39 is 22.5 Å². The van der Waals surface area contributed by atoms with Crippen LogP contribution in [0.3, 0.4) is 0 Å². The van der Waals surface area contributed by atoms with Crippen molar-refractivity contribution in [1.82, 2.24) is 5.32 Å². The number of hydrogen-bond donors (Lipinski definition) is 3. The van der Waals surface area contributed by atoms with E-state index in [0.717, 1.165) is 0 Å². The molecule has 0 saturated carbocycles. The van der Waals surface area contributed by atoms with Crippen molar-refractivity contribution in [2.24, 2.45) is 0 Å². The minimum absolute atomic E-state index is 0.120. The predicted octanol–water partition coefficient (Wildman–Crippen LogP) is 0.960. The number of nitrogens with one attached hydrogen (secondary N) is 2. The Morgan fingerprint density at radius 1 is 1.43 bits per heavy atom. The van der Waals surface area contributed by atoms with Crippen molar-refractivity contribution in [3.05, 3.63) is 34.4 Å². The molecule has 21 heavy (non-hydrogen) atoms. The normalized spacial score (nSPS) is 20.8. The number of carboxylic acids is 1. The van der Waals surface area contributed by atoms with Crippen molar-refractivity contribution >= 4 is 23.4 Å². The lowest BCUT2D eigenvalue weighted by Gasteiger charge is -2.23. The third kappa shape index (κ3) is 3.26. The zero-order chi connectivity index (χ0) is 15.5. The van der Waals surface area contributed by atoms with Crippen LogP contribution < -0.4 is 10.6 Å². The number of nitro groups is 1. The zero-order valence-electron chi connectivity index (χ0n) is 10.9. The molecule has 9 heteroatoms. The number of non-ortho nitro benzene ring substituents is 1. The van der Waals surface area contributed by atoms with E-state index in [1.54, 1.807) is 0 Å². The number of nitrogens with zero attached hydrogens (tertiary/aromatic N) is 1. The van der Waals surface area contributed by atoms with E-state index in [9.17, 15) is 24.8 Å². The van der Waals surface area contributed by atoms with Crippen molar-refractivity contribution in [2.45, 2.75) is 12.0 Å². The SMILES string of the molecule is O=C(Nc1cccc([N+](=O)[O-])c1)NC1(C(=O)O)CCOC1. The van der Waals surface area contributed by atoms with E-state index in [0.29, 0.717) is 0 Å². The molecule has 1 heterocycles. The van der Waals surface area contributed by atoms with Gasteiger partial charge in [0.05, 0.1) is 11.5 Å². The molecule has 1 atom stereocenters. The molecule has 1 aliphatic heterocycles. The molecule has 2 rings (SSSR count). The first-order valence-corrected chi connectivity index (χ1v) is 6.08. The minimum Gasteiger partial charge on any atom is -0.479 e. The third-order valence-corrected chi connectivity index (χ3v) is 3.10. The van der Waals surface area contributed by atoms with Gasteiger partial charge in [-0.25, -0.2) is 9.59 Å². The van der Waals surface area contributed by atoms with E-state index in [2.05, 4.69) is 10.6 Å². The molecule has 0 aromatic heterocycles. The summed E-state index contributed by atoms with van der Waals surface area (Å²) < 4.78 is 5.01. The Balaban J connectivity index is 2.06. The monoisotopic (exact) mass is 295 g/mol. The summed E-state index contributed by atoms with van der Waals surface area (Å²) in [7, 11) is 0. The Morgan fingerprint density at radius 2 is 2.19 bits per heavy atom. The molecule has 1 aromatic carbocycles. The van der Waals surface area contributed by atoms with Gasteiger partial charge in [0.2, 0.25) is 0 Å². The van der Waals surface area contributed by atoms with E-state index in [1.807, 2.05) is 0 Å². The number of carboxylic acid groups (broad SMARTS) is 1. The number of amides is 2. The van der Waals surface area contributed by atoms with Crippen molar-refractivity contribution in [3.8, 4) is 0 Å². The van der Waals surface area contributed by atoms with Crippen LogP contribution >= 0.6 is 0 Å². The number of carbonyl (C=O) groups excluding carboxylic acids is 1. The second kappa shape index (κ2) is 5.75. The smallest absolute Gasteiger partial charge is 0.332 e. The van der Waals surface area contributed by atoms with E-state index >= 15 is 0 Å². The molecule has 0 bridgehead atoms. The maximum Gasteiger partial charge on any atom is 0.332 e. The molecule has 112 valence electrons. The molecule has 0 spiro atoms. The fraction of sp³-hybridized carbons (Fsp3) is 0.333. The summed E-state index contributed by atoms with van der Waals surface area (Å²) >= 11 is 0. The first-order chi connectivity index (χ1) is 9.93. The van der Waals surface area contributed by atoms with Gasteiger partial charge in [-0.15, -0.1) is 0 Å². The predicted molar refractivity (Wildman–Crippen MR) is 71.1 cm³/mol. The van der Waals surface area contributed by atoms with E-state index in [1.165, 1.54) is 24.3 Å². The Hall–Kier alpha value is -2.68. The summed E-state index contributed by atoms with van der Waals surface area (Å²) in [5, 5.41) is 24.5. The van der Waals surface area contributed by atoms with Crippen LogP contribution in [0.5, 0.6) is 0 Å². The molecule has 1 aliphatic rings. The topological polar surface area (TPSA) is 131 Å². The van der Waals surface area contributed by atoms with Gasteiger partial charge in [-0.05, 0) is 6.07 Å². The molecular formula is C12H13N3O6. The number of rotatable bonds is 4. The summed E-state index contributed by atoms with van der Waals surface area (Å²) in [5.74, 6) is -1.19. The Morgan fingerprint density at radius 3 is 2.76 bits per heavy atom. The highest BCUT2D eigenvalue weighted by molar-refractivity contribution is 5.94. The van der Waals surface area contributed by atoms with Crippen LogP contribution in [0.2, 0.25) is 0 Å². The number of anilines is 1. The lowest BCUT2D eigenvalue weighted by molar-refractivity contribution is -0.384. The van der Waals surface area contributed by atoms with E-state index in [4.69, 9.17) is 4.74 Å². The van der Waals surface area contributed by atoms with Crippen LogP contribution in [0.15, 0.2) is 24.3 Å². The summed E-state index contributed by atoms with van der Waals surface area (Å²) in [6, 6.07) is 4.58. The van der Waals surface area contributed by atoms with Gasteiger partial charge >= 0.3 is 12.0 Å². The molecule has 0 radical (unpaired) electrons. The summed E-state index contributed by atoms with van der Waals surface area (Å²) in [6.07, 6.45) is 0.157. The Bertz CT molecular complexity index is 582. The fourth-order valence-corrected chi connectivity index (χ4v) is 1.96. The van der Waals surface area contributed by atoms with Gasteiger partial charge < -0.3 is 20.5 Å². The molecule has 1 aromatic rings. The maximum atomic E-state index is 11.8. The number of carbonyl (C=O) groups is 2. The van der Waals surface area contributed by atoms with Gasteiger partial charge in [0.1, 0.15) is 0 Å². The number of benzene rings is 1. The Kier molecular flexibility index (Phi) is 4.03. The first-order valence-electron chi connectivity index (χ1n) is 6.08. The van der Waals surface area contributed by atoms with Crippen molar-refractivity contribution in [3.63, 3.8) is 0 Å². The molecule has 1 unspecified atom stereocenters. The number of aliphatic carboxylic acids is 1. The average Bonchev–Trinajstić information content (AvgIpc) is 2.88. The highest BCUT2D eigenvalue weighted by atomic mass is 16.6. The van der Waals surface area contributed by atoms with Gasteiger partial charge in [0, 0.05) is 30.8 Å². The van der Waals surface area contributed by atoms with Gasteiger partial charge in [-0.3, -0.25) is 10.1 Å². The largest absolute Gasteiger partial charge is 0.479 e. The molecule has 1 fully saturated rings. The lowest BCUT2D eigenvalue weighted by atomic mass is 9.99. The molecule has 0 aliphatic carbocycles. The second-order valence-electron chi connectivity index (χ2n) is 4.58. The zero-order valence-corrected chi connectivity index (χ0v) is 10.9. The number of nitro benzene ring substituents is 1. The van der Waals surface area contributed by atoms with Crippen LogP contribution in [0, 0.1) is 10.1 Å². The van der Waals surface area contributed by atoms with Crippen molar-refractivity contribution in [1.29, 1.82) is 0 Å². The van der Waals surface area contributed by atoms with Gasteiger partial charge in [0.15, 0.2) is 5.54 Å². The number of urea groups is 1. The summed E-state index contributed by atoms with van der Waals surface area (Å²) in [5.41, 5.74) is -1.45. The quantitative estimate of drug-likeness (QED) is 0.560. The maximum absolute atomic E-state index is 11.8. The average molecular weight is 295 g/mol. The van der Waals surface area contributed by atoms with Crippen molar-refractivity contribution < 1.29 is 24.4 Å². The Labute approximate surface area is 119 Å².